The molecule has 0 fully saturated rings. The molecule has 114 valence electrons. The van der Waals surface area contributed by atoms with Crippen molar-refractivity contribution in [1.29, 1.82) is 5.26 Å². The number of carbonyl (C=O) groups is 1. The highest BCUT2D eigenvalue weighted by atomic mass is 79.9. The maximum Gasteiger partial charge on any atom is 0.354 e. The van der Waals surface area contributed by atoms with E-state index >= 15 is 0 Å². The normalized spacial score (nSPS) is 11.2. The highest BCUT2D eigenvalue weighted by molar-refractivity contribution is 9.09. The zero-order chi connectivity index (χ0) is 16.5. The average Bonchev–Trinajstić information content (AvgIpc) is 2.37. The number of carbonyl (C=O) groups excluding carboxylic acids is 1. The van der Waals surface area contributed by atoms with E-state index in [4.69, 9.17) is 10.00 Å². The second-order valence-electron chi connectivity index (χ2n) is 5.22. The summed E-state index contributed by atoms with van der Waals surface area (Å²) in [5.74, 6) is -0.418. The molecule has 0 aliphatic heterocycles. The number of nitrogens with one attached hydrogen (secondary N) is 1. The lowest BCUT2D eigenvalue weighted by Gasteiger charge is -2.21. The molecule has 0 aromatic heterocycles. The van der Waals surface area contributed by atoms with Crippen LogP contribution in [0.4, 0.5) is 0 Å². The van der Waals surface area contributed by atoms with Crippen molar-refractivity contribution in [2.45, 2.75) is 38.2 Å². The molecule has 1 atom stereocenters. The Labute approximate surface area is 134 Å². The van der Waals surface area contributed by atoms with Crippen LogP contribution in [0, 0.1) is 11.3 Å². The fourth-order valence-corrected chi connectivity index (χ4v) is 1.43. The predicted octanol–water partition coefficient (Wildman–Crippen LogP) is 3.73. The SMILES string of the molecule is C=C(NC(C)Br)C(=O)OC(C)(C)C.N#Cc1ccccc1. The van der Waals surface area contributed by atoms with E-state index in [0.717, 1.165) is 0 Å². The molecule has 0 heterocycles. The summed E-state index contributed by atoms with van der Waals surface area (Å²) in [6.45, 7) is 10.9. The Bertz CT molecular complexity index is 499. The molecule has 1 aromatic carbocycles. The minimum Gasteiger partial charge on any atom is -0.455 e. The van der Waals surface area contributed by atoms with Crippen LogP contribution in [0.15, 0.2) is 42.6 Å². The van der Waals surface area contributed by atoms with E-state index in [1.54, 1.807) is 12.1 Å². The van der Waals surface area contributed by atoms with Gasteiger partial charge < -0.3 is 10.1 Å². The fourth-order valence-electron chi connectivity index (χ4n) is 1.15. The number of rotatable bonds is 3. The van der Waals surface area contributed by atoms with Crippen molar-refractivity contribution >= 4 is 21.9 Å². The van der Waals surface area contributed by atoms with E-state index in [9.17, 15) is 4.79 Å². The second-order valence-corrected chi connectivity index (χ2v) is 6.59. The molecule has 0 amide bonds. The Hall–Kier alpha value is -1.80. The third kappa shape index (κ3) is 10.6. The molecular formula is C16H21BrN2O2. The summed E-state index contributed by atoms with van der Waals surface area (Å²) in [4.78, 5) is 11.3. The number of hydrogen-bond acceptors (Lipinski definition) is 4. The summed E-state index contributed by atoms with van der Waals surface area (Å²) in [5, 5.41) is 11.1. The van der Waals surface area contributed by atoms with Gasteiger partial charge in [-0.05, 0) is 39.8 Å². The molecule has 0 saturated heterocycles. The molecule has 1 aromatic rings. The first-order chi connectivity index (χ1) is 9.65. The van der Waals surface area contributed by atoms with Gasteiger partial charge in [0.05, 0.1) is 16.6 Å². The minimum atomic E-state index is -0.475. The van der Waals surface area contributed by atoms with Crippen LogP contribution in [-0.2, 0) is 9.53 Å². The van der Waals surface area contributed by atoms with Gasteiger partial charge >= 0.3 is 5.97 Å². The number of benzene rings is 1. The largest absolute Gasteiger partial charge is 0.455 e. The number of halogens is 1. The molecule has 0 aliphatic carbocycles. The fraction of sp³-hybridized carbons (Fsp3) is 0.375. The highest BCUT2D eigenvalue weighted by Gasteiger charge is 2.18. The van der Waals surface area contributed by atoms with Crippen LogP contribution in [0.2, 0.25) is 0 Å². The third-order valence-electron chi connectivity index (χ3n) is 1.92. The molecule has 1 N–H and O–H groups in total. The van der Waals surface area contributed by atoms with Gasteiger partial charge in [-0.1, -0.05) is 40.7 Å². The Morgan fingerprint density at radius 1 is 1.38 bits per heavy atom. The summed E-state index contributed by atoms with van der Waals surface area (Å²) < 4.78 is 5.08. The average molecular weight is 353 g/mol. The first-order valence-electron chi connectivity index (χ1n) is 6.43. The van der Waals surface area contributed by atoms with Crippen LogP contribution in [0.25, 0.3) is 0 Å². The van der Waals surface area contributed by atoms with Gasteiger partial charge in [-0.2, -0.15) is 5.26 Å². The lowest BCUT2D eigenvalue weighted by Crippen LogP contribution is -2.31. The van der Waals surface area contributed by atoms with Gasteiger partial charge in [-0.25, -0.2) is 4.79 Å². The van der Waals surface area contributed by atoms with Crippen LogP contribution < -0.4 is 5.32 Å². The van der Waals surface area contributed by atoms with Gasteiger partial charge in [-0.15, -0.1) is 0 Å². The van der Waals surface area contributed by atoms with Crippen molar-refractivity contribution in [3.8, 4) is 6.07 Å². The number of nitriles is 1. The standard InChI is InChI=1S/C9H16BrNO2.C7H5N/c1-6(11-7(2)10)8(12)13-9(3,4)5;8-6-7-4-2-1-3-5-7/h7,11H,1H2,2-5H3;1-5H. The van der Waals surface area contributed by atoms with Crippen LogP contribution in [0.1, 0.15) is 33.3 Å². The van der Waals surface area contributed by atoms with Crippen molar-refractivity contribution in [3.63, 3.8) is 0 Å². The number of alkyl halides is 1. The van der Waals surface area contributed by atoms with E-state index in [-0.39, 0.29) is 10.6 Å². The Morgan fingerprint density at radius 2 is 1.90 bits per heavy atom. The van der Waals surface area contributed by atoms with E-state index in [1.807, 2.05) is 52.0 Å². The number of esters is 1. The van der Waals surface area contributed by atoms with Crippen molar-refractivity contribution in [3.05, 3.63) is 48.2 Å². The summed E-state index contributed by atoms with van der Waals surface area (Å²) in [6, 6.07) is 11.2. The van der Waals surface area contributed by atoms with E-state index < -0.39 is 11.6 Å². The molecule has 0 radical (unpaired) electrons. The van der Waals surface area contributed by atoms with Gasteiger partial charge in [0.15, 0.2) is 0 Å². The topological polar surface area (TPSA) is 62.1 Å². The van der Waals surface area contributed by atoms with Crippen molar-refractivity contribution in [2.75, 3.05) is 0 Å². The Morgan fingerprint density at radius 3 is 2.24 bits per heavy atom. The van der Waals surface area contributed by atoms with Crippen LogP contribution >= 0.6 is 15.9 Å². The van der Waals surface area contributed by atoms with Gasteiger partial charge in [0.2, 0.25) is 0 Å². The third-order valence-corrected chi connectivity index (χ3v) is 2.15. The zero-order valence-electron chi connectivity index (χ0n) is 12.8. The first-order valence-corrected chi connectivity index (χ1v) is 7.35. The monoisotopic (exact) mass is 352 g/mol. The van der Waals surface area contributed by atoms with Gasteiger partial charge in [0, 0.05) is 0 Å². The Balaban J connectivity index is 0.000000423. The van der Waals surface area contributed by atoms with E-state index in [1.165, 1.54) is 0 Å². The molecule has 0 saturated carbocycles. The molecule has 0 spiro atoms. The van der Waals surface area contributed by atoms with Gasteiger partial charge in [-0.3, -0.25) is 0 Å². The molecule has 5 heteroatoms. The van der Waals surface area contributed by atoms with Crippen molar-refractivity contribution < 1.29 is 9.53 Å². The van der Waals surface area contributed by atoms with Crippen LogP contribution in [0.5, 0.6) is 0 Å². The maximum absolute atomic E-state index is 11.3. The maximum atomic E-state index is 11.3. The zero-order valence-corrected chi connectivity index (χ0v) is 14.4. The number of hydrogen-bond donors (Lipinski definition) is 1. The molecule has 1 rings (SSSR count). The number of ether oxygens (including phenoxy) is 1. The summed E-state index contributed by atoms with van der Waals surface area (Å²) in [6.07, 6.45) is 0. The number of nitrogens with zero attached hydrogens (tertiary/aromatic N) is 1. The molecular weight excluding hydrogens is 332 g/mol. The molecule has 21 heavy (non-hydrogen) atoms. The molecule has 0 aliphatic rings. The summed E-state index contributed by atoms with van der Waals surface area (Å²) >= 11 is 3.24. The molecule has 4 nitrogen and oxygen atoms in total. The highest BCUT2D eigenvalue weighted by Crippen LogP contribution is 2.09. The lowest BCUT2D eigenvalue weighted by atomic mass is 10.2. The lowest BCUT2D eigenvalue weighted by molar-refractivity contribution is -0.150. The predicted molar refractivity (Wildman–Crippen MR) is 87.7 cm³/mol. The molecule has 0 bridgehead atoms. The van der Waals surface area contributed by atoms with Crippen molar-refractivity contribution in [2.24, 2.45) is 0 Å². The smallest absolute Gasteiger partial charge is 0.354 e. The first kappa shape index (κ1) is 19.2. The van der Waals surface area contributed by atoms with Crippen LogP contribution in [-0.4, -0.2) is 16.5 Å². The summed E-state index contributed by atoms with van der Waals surface area (Å²) in [5.41, 5.74) is 0.504. The molecule has 1 unspecified atom stereocenters. The van der Waals surface area contributed by atoms with E-state index in [0.29, 0.717) is 5.56 Å². The van der Waals surface area contributed by atoms with E-state index in [2.05, 4.69) is 27.8 Å². The Kier molecular flexibility index (Phi) is 8.41. The van der Waals surface area contributed by atoms with Crippen molar-refractivity contribution in [1.82, 2.24) is 5.32 Å². The quantitative estimate of drug-likeness (QED) is 0.389. The minimum absolute atomic E-state index is 0.00696. The van der Waals surface area contributed by atoms with Gasteiger partial charge in [0.25, 0.3) is 0 Å². The van der Waals surface area contributed by atoms with Gasteiger partial charge in [0.1, 0.15) is 11.3 Å². The second kappa shape index (κ2) is 9.19. The summed E-state index contributed by atoms with van der Waals surface area (Å²) in [7, 11) is 0. The van der Waals surface area contributed by atoms with Crippen LogP contribution in [0.3, 0.4) is 0 Å².